The number of hydrogen-bond donors (Lipinski definition) is 1. The maximum absolute atomic E-state index is 13.0. The molecule has 1 atom stereocenters. The molecule has 0 radical (unpaired) electrons. The predicted molar refractivity (Wildman–Crippen MR) is 144 cm³/mol. The van der Waals surface area contributed by atoms with Gasteiger partial charge in [0.05, 0.1) is 19.1 Å². The number of nitriles is 1. The monoisotopic (exact) mass is 512 g/mol. The highest BCUT2D eigenvalue weighted by molar-refractivity contribution is 5.94. The Hall–Kier alpha value is -4.44. The molecule has 1 unspecified atom stereocenters. The van der Waals surface area contributed by atoms with Crippen LogP contribution in [-0.2, 0) is 0 Å². The molecule has 0 saturated carbocycles. The minimum Gasteiger partial charge on any atom is -0.493 e. The van der Waals surface area contributed by atoms with Gasteiger partial charge in [-0.2, -0.15) is 5.26 Å². The van der Waals surface area contributed by atoms with Crippen LogP contribution in [0.4, 0.5) is 0 Å². The van der Waals surface area contributed by atoms with Crippen molar-refractivity contribution < 1.29 is 23.7 Å². The molecule has 196 valence electrons. The topological polar surface area (TPSA) is 104 Å². The van der Waals surface area contributed by atoms with Crippen LogP contribution in [0.1, 0.15) is 66.9 Å². The summed E-state index contributed by atoms with van der Waals surface area (Å²) in [6.07, 6.45) is 3.81. The van der Waals surface area contributed by atoms with Crippen molar-refractivity contribution in [2.24, 2.45) is 5.73 Å². The van der Waals surface area contributed by atoms with Gasteiger partial charge in [-0.3, -0.25) is 0 Å². The number of hydrogen-bond acceptors (Lipinski definition) is 7. The lowest BCUT2D eigenvalue weighted by molar-refractivity contribution is 0.0730. The van der Waals surface area contributed by atoms with E-state index in [1.54, 1.807) is 36.4 Å². The summed E-state index contributed by atoms with van der Waals surface area (Å²) < 4.78 is 23.3. The Labute approximate surface area is 223 Å². The number of nitrogens with two attached hydrogens (primary N) is 1. The fourth-order valence-corrected chi connectivity index (χ4v) is 4.25. The van der Waals surface area contributed by atoms with E-state index < -0.39 is 11.9 Å². The number of esters is 1. The highest BCUT2D eigenvalue weighted by Gasteiger charge is 2.33. The van der Waals surface area contributed by atoms with Gasteiger partial charge in [-0.25, -0.2) is 4.79 Å². The number of rotatable bonds is 11. The van der Waals surface area contributed by atoms with E-state index in [1.807, 2.05) is 30.3 Å². The van der Waals surface area contributed by atoms with E-state index in [0.717, 1.165) is 36.8 Å². The number of carbonyl (C=O) groups is 1. The molecule has 0 amide bonds. The number of fused-ring (bicyclic) bond motifs is 1. The van der Waals surface area contributed by atoms with Gasteiger partial charge in [0.2, 0.25) is 5.88 Å². The zero-order valence-electron chi connectivity index (χ0n) is 21.7. The number of allylic oxidation sites excluding steroid dienone is 1. The predicted octanol–water partition coefficient (Wildman–Crippen LogP) is 6.48. The molecule has 7 heteroatoms. The standard InChI is InChI=1S/C31H32N2O5/c1-3-5-17-35-26-13-9-7-11-22(26)29-23-16-15-21(19-28(23)38-30(33)25(29)20-32)37-31(34)24-12-8-10-14-27(24)36-18-6-4-2/h7-16,19,29H,3-6,17-18,33H2,1-2H3. The first-order valence-corrected chi connectivity index (χ1v) is 12.9. The van der Waals surface area contributed by atoms with Crippen LogP contribution in [0.3, 0.4) is 0 Å². The summed E-state index contributed by atoms with van der Waals surface area (Å²) in [6.45, 7) is 5.27. The number of carbonyl (C=O) groups excluding carboxylic acids is 1. The molecular weight excluding hydrogens is 480 g/mol. The molecule has 1 heterocycles. The third kappa shape index (κ3) is 5.92. The van der Waals surface area contributed by atoms with E-state index >= 15 is 0 Å². The maximum Gasteiger partial charge on any atom is 0.347 e. The summed E-state index contributed by atoms with van der Waals surface area (Å²) in [4.78, 5) is 13.0. The molecule has 0 bridgehead atoms. The fraction of sp³-hybridized carbons (Fsp3) is 0.290. The smallest absolute Gasteiger partial charge is 0.347 e. The maximum atomic E-state index is 13.0. The van der Waals surface area contributed by atoms with Crippen molar-refractivity contribution in [2.75, 3.05) is 13.2 Å². The Morgan fingerprint density at radius 2 is 1.58 bits per heavy atom. The molecule has 2 N–H and O–H groups in total. The van der Waals surface area contributed by atoms with Gasteiger partial charge in [0, 0.05) is 17.2 Å². The molecule has 0 aromatic heterocycles. The molecule has 0 saturated heterocycles. The molecule has 3 aromatic carbocycles. The minimum atomic E-state index is -0.541. The first-order valence-electron chi connectivity index (χ1n) is 12.9. The van der Waals surface area contributed by atoms with E-state index in [0.29, 0.717) is 41.6 Å². The molecule has 4 rings (SSSR count). The van der Waals surface area contributed by atoms with E-state index in [1.165, 1.54) is 0 Å². The summed E-state index contributed by atoms with van der Waals surface area (Å²) in [7, 11) is 0. The first-order chi connectivity index (χ1) is 18.6. The quantitative estimate of drug-likeness (QED) is 0.178. The SMILES string of the molecule is CCCCOc1ccccc1C(=O)Oc1ccc2c(c1)OC(N)=C(C#N)C2c1ccccc1OCCCC. The highest BCUT2D eigenvalue weighted by atomic mass is 16.5. The Kier molecular flexibility index (Phi) is 8.89. The van der Waals surface area contributed by atoms with Gasteiger partial charge in [-0.1, -0.05) is 63.1 Å². The molecule has 3 aromatic rings. The number of nitrogens with zero attached hydrogens (tertiary/aromatic N) is 1. The van der Waals surface area contributed by atoms with Crippen molar-refractivity contribution in [2.45, 2.75) is 45.4 Å². The number of benzene rings is 3. The van der Waals surface area contributed by atoms with Crippen LogP contribution in [0.15, 0.2) is 78.2 Å². The van der Waals surface area contributed by atoms with Crippen molar-refractivity contribution in [1.82, 2.24) is 0 Å². The Morgan fingerprint density at radius 1 is 0.921 bits per heavy atom. The lowest BCUT2D eigenvalue weighted by Gasteiger charge is -2.28. The van der Waals surface area contributed by atoms with Crippen LogP contribution in [0.5, 0.6) is 23.0 Å². The molecular formula is C31H32N2O5. The van der Waals surface area contributed by atoms with Gasteiger partial charge in [-0.05, 0) is 37.1 Å². The number of ether oxygens (including phenoxy) is 4. The van der Waals surface area contributed by atoms with Crippen molar-refractivity contribution in [1.29, 1.82) is 5.26 Å². The second-order valence-electron chi connectivity index (χ2n) is 8.95. The van der Waals surface area contributed by atoms with E-state index in [4.69, 9.17) is 24.7 Å². The molecule has 0 aliphatic carbocycles. The number of para-hydroxylation sites is 2. The summed E-state index contributed by atoms with van der Waals surface area (Å²) in [5.41, 5.74) is 8.37. The third-order valence-corrected chi connectivity index (χ3v) is 6.25. The van der Waals surface area contributed by atoms with Crippen LogP contribution in [0, 0.1) is 11.3 Å². The minimum absolute atomic E-state index is 0.00603. The van der Waals surface area contributed by atoms with Crippen molar-refractivity contribution in [3.63, 3.8) is 0 Å². The summed E-state index contributed by atoms with van der Waals surface area (Å²) in [6, 6.07) is 21.9. The van der Waals surface area contributed by atoms with Crippen LogP contribution < -0.4 is 24.7 Å². The lowest BCUT2D eigenvalue weighted by Crippen LogP contribution is -2.21. The molecule has 7 nitrogen and oxygen atoms in total. The third-order valence-electron chi connectivity index (χ3n) is 6.25. The fourth-order valence-electron chi connectivity index (χ4n) is 4.25. The summed E-state index contributed by atoms with van der Waals surface area (Å²) in [5, 5.41) is 9.94. The molecule has 1 aliphatic rings. The second kappa shape index (κ2) is 12.7. The van der Waals surface area contributed by atoms with Gasteiger partial charge in [-0.15, -0.1) is 0 Å². The van der Waals surface area contributed by atoms with E-state index in [9.17, 15) is 10.1 Å². The Bertz CT molecular complexity index is 1360. The average Bonchev–Trinajstić information content (AvgIpc) is 2.93. The van der Waals surface area contributed by atoms with Crippen molar-refractivity contribution >= 4 is 5.97 Å². The summed E-state index contributed by atoms with van der Waals surface area (Å²) in [5.74, 6) is 0.843. The zero-order chi connectivity index (χ0) is 26.9. The van der Waals surface area contributed by atoms with Crippen LogP contribution in [0.25, 0.3) is 0 Å². The largest absolute Gasteiger partial charge is 0.493 e. The van der Waals surface area contributed by atoms with E-state index in [-0.39, 0.29) is 11.6 Å². The van der Waals surface area contributed by atoms with Gasteiger partial charge in [0.25, 0.3) is 0 Å². The van der Waals surface area contributed by atoms with Gasteiger partial charge in [0.1, 0.15) is 40.2 Å². The van der Waals surface area contributed by atoms with Crippen LogP contribution in [0.2, 0.25) is 0 Å². The molecule has 0 spiro atoms. The summed E-state index contributed by atoms with van der Waals surface area (Å²) >= 11 is 0. The normalized spacial score (nSPS) is 14.2. The van der Waals surface area contributed by atoms with Gasteiger partial charge < -0.3 is 24.7 Å². The first kappa shape index (κ1) is 26.6. The Balaban J connectivity index is 1.63. The highest BCUT2D eigenvalue weighted by Crippen LogP contribution is 2.46. The van der Waals surface area contributed by atoms with E-state index in [2.05, 4.69) is 19.9 Å². The second-order valence-corrected chi connectivity index (χ2v) is 8.95. The zero-order valence-corrected chi connectivity index (χ0v) is 21.7. The lowest BCUT2D eigenvalue weighted by atomic mass is 9.83. The molecule has 38 heavy (non-hydrogen) atoms. The Morgan fingerprint density at radius 3 is 2.29 bits per heavy atom. The van der Waals surface area contributed by atoms with Gasteiger partial charge in [0.15, 0.2) is 0 Å². The molecule has 0 fully saturated rings. The van der Waals surface area contributed by atoms with Gasteiger partial charge >= 0.3 is 5.97 Å². The van der Waals surface area contributed by atoms with Crippen molar-refractivity contribution in [3.8, 4) is 29.1 Å². The van der Waals surface area contributed by atoms with Crippen LogP contribution in [-0.4, -0.2) is 19.2 Å². The molecule has 1 aliphatic heterocycles. The number of unbranched alkanes of at least 4 members (excludes halogenated alkanes) is 2. The average molecular weight is 513 g/mol. The van der Waals surface area contributed by atoms with Crippen LogP contribution >= 0.6 is 0 Å². The van der Waals surface area contributed by atoms with Crippen molar-refractivity contribution in [3.05, 3.63) is 94.9 Å².